The van der Waals surface area contributed by atoms with Gasteiger partial charge in [0.1, 0.15) is 11.3 Å². The van der Waals surface area contributed by atoms with Crippen molar-refractivity contribution in [3.8, 4) is 0 Å². The van der Waals surface area contributed by atoms with Gasteiger partial charge >= 0.3 is 0 Å². The number of rotatable bonds is 3. The van der Waals surface area contributed by atoms with E-state index in [0.717, 1.165) is 0 Å². The summed E-state index contributed by atoms with van der Waals surface area (Å²) in [4.78, 5) is 16.4. The molecular formula is C14H19N3O2. The normalized spacial score (nSPS) is 12.7. The quantitative estimate of drug-likeness (QED) is 0.882. The minimum Gasteiger partial charge on any atom is -0.388 e. The van der Waals surface area contributed by atoms with Crippen LogP contribution in [0, 0.1) is 0 Å². The molecule has 0 aromatic carbocycles. The Balaban J connectivity index is 2.25. The third-order valence-electron chi connectivity index (χ3n) is 3.55. The largest absolute Gasteiger partial charge is 0.388 e. The van der Waals surface area contributed by atoms with Crippen LogP contribution in [0.1, 0.15) is 38.2 Å². The number of fused-ring (bicyclic) bond motifs is 1. The van der Waals surface area contributed by atoms with Crippen LogP contribution >= 0.6 is 0 Å². The van der Waals surface area contributed by atoms with Crippen LogP contribution in [-0.4, -0.2) is 31.5 Å². The fraction of sp³-hybridized carbons (Fsp3) is 0.429. The molecule has 0 aliphatic carbocycles. The second-order valence-electron chi connectivity index (χ2n) is 5.73. The first-order valence-electron chi connectivity index (χ1n) is 6.19. The minimum atomic E-state index is -1.03. The smallest absolute Gasteiger partial charge is 0.272 e. The second kappa shape index (κ2) is 4.35. The van der Waals surface area contributed by atoms with E-state index in [-0.39, 0.29) is 5.91 Å². The SMILES string of the molecule is CC(C)(O)C(C)(C)NC(=O)c1cn2ccccc2n1. The Morgan fingerprint density at radius 3 is 2.58 bits per heavy atom. The molecule has 0 aliphatic heterocycles. The molecule has 1 amide bonds. The summed E-state index contributed by atoms with van der Waals surface area (Å²) in [6.07, 6.45) is 3.51. The van der Waals surface area contributed by atoms with E-state index in [0.29, 0.717) is 11.3 Å². The van der Waals surface area contributed by atoms with Crippen molar-refractivity contribution >= 4 is 11.6 Å². The van der Waals surface area contributed by atoms with Gasteiger partial charge in [-0.15, -0.1) is 0 Å². The maximum absolute atomic E-state index is 12.2. The van der Waals surface area contributed by atoms with Gasteiger partial charge in [-0.3, -0.25) is 4.79 Å². The molecule has 102 valence electrons. The van der Waals surface area contributed by atoms with E-state index < -0.39 is 11.1 Å². The number of aromatic nitrogens is 2. The Bertz CT molecular complexity index is 575. The van der Waals surface area contributed by atoms with E-state index in [2.05, 4.69) is 10.3 Å². The Kier molecular flexibility index (Phi) is 3.10. The molecule has 0 radical (unpaired) electrons. The van der Waals surface area contributed by atoms with Gasteiger partial charge in [-0.2, -0.15) is 0 Å². The van der Waals surface area contributed by atoms with Crippen LogP contribution in [0.5, 0.6) is 0 Å². The maximum Gasteiger partial charge on any atom is 0.272 e. The molecule has 0 spiro atoms. The lowest BCUT2D eigenvalue weighted by atomic mass is 9.86. The van der Waals surface area contributed by atoms with E-state index in [1.54, 1.807) is 38.3 Å². The number of amides is 1. The standard InChI is InChI=1S/C14H19N3O2/c1-13(2,14(3,4)19)16-12(18)10-9-17-8-6-5-7-11(17)15-10/h5-9,19H,1-4H3,(H,16,18). The second-order valence-corrected chi connectivity index (χ2v) is 5.73. The lowest BCUT2D eigenvalue weighted by molar-refractivity contribution is -0.00301. The number of nitrogens with one attached hydrogen (secondary N) is 1. The zero-order chi connectivity index (χ0) is 14.3. The van der Waals surface area contributed by atoms with Crippen LogP contribution in [0.25, 0.3) is 5.65 Å². The molecule has 0 saturated heterocycles. The van der Waals surface area contributed by atoms with Crippen molar-refractivity contribution in [2.24, 2.45) is 0 Å². The number of carbonyl (C=O) groups is 1. The molecule has 0 saturated carbocycles. The first-order chi connectivity index (χ1) is 8.71. The predicted molar refractivity (Wildman–Crippen MR) is 73.0 cm³/mol. The van der Waals surface area contributed by atoms with Crippen LogP contribution in [-0.2, 0) is 0 Å². The summed E-state index contributed by atoms with van der Waals surface area (Å²) in [6, 6.07) is 5.57. The predicted octanol–water partition coefficient (Wildman–Crippen LogP) is 1.61. The van der Waals surface area contributed by atoms with E-state index in [4.69, 9.17) is 0 Å². The number of hydrogen-bond acceptors (Lipinski definition) is 3. The van der Waals surface area contributed by atoms with Gasteiger partial charge in [0.2, 0.25) is 0 Å². The van der Waals surface area contributed by atoms with Crippen molar-refractivity contribution in [3.63, 3.8) is 0 Å². The monoisotopic (exact) mass is 261 g/mol. The van der Waals surface area contributed by atoms with Gasteiger partial charge in [0.05, 0.1) is 11.1 Å². The summed E-state index contributed by atoms with van der Waals surface area (Å²) in [5.74, 6) is -0.296. The molecule has 2 rings (SSSR count). The van der Waals surface area contributed by atoms with Gasteiger partial charge in [0, 0.05) is 12.4 Å². The molecule has 0 bridgehead atoms. The highest BCUT2D eigenvalue weighted by molar-refractivity contribution is 5.93. The van der Waals surface area contributed by atoms with Gasteiger partial charge in [-0.25, -0.2) is 4.98 Å². The molecule has 0 fully saturated rings. The first kappa shape index (κ1) is 13.5. The van der Waals surface area contributed by atoms with Crippen LogP contribution in [0.15, 0.2) is 30.6 Å². The Labute approximate surface area is 112 Å². The first-order valence-corrected chi connectivity index (χ1v) is 6.19. The number of carbonyl (C=O) groups excluding carboxylic acids is 1. The zero-order valence-corrected chi connectivity index (χ0v) is 11.6. The molecule has 2 aromatic heterocycles. The fourth-order valence-corrected chi connectivity index (χ4v) is 1.54. The molecule has 2 N–H and O–H groups in total. The average Bonchev–Trinajstić information content (AvgIpc) is 2.70. The van der Waals surface area contributed by atoms with Crippen LogP contribution in [0.3, 0.4) is 0 Å². The van der Waals surface area contributed by atoms with Crippen LogP contribution in [0.4, 0.5) is 0 Å². The van der Waals surface area contributed by atoms with Crippen molar-refractivity contribution in [3.05, 3.63) is 36.3 Å². The van der Waals surface area contributed by atoms with Gasteiger partial charge in [-0.1, -0.05) is 6.07 Å². The molecule has 0 aliphatic rings. The molecule has 19 heavy (non-hydrogen) atoms. The highest BCUT2D eigenvalue weighted by atomic mass is 16.3. The molecule has 0 atom stereocenters. The van der Waals surface area contributed by atoms with E-state index >= 15 is 0 Å². The number of pyridine rings is 1. The summed E-state index contributed by atoms with van der Waals surface area (Å²) in [6.45, 7) is 6.88. The van der Waals surface area contributed by atoms with E-state index in [1.807, 2.05) is 24.4 Å². The number of imidazole rings is 1. The lowest BCUT2D eigenvalue weighted by Gasteiger charge is -2.37. The number of nitrogens with zero attached hydrogens (tertiary/aromatic N) is 2. The van der Waals surface area contributed by atoms with Crippen molar-refractivity contribution in [1.29, 1.82) is 0 Å². The van der Waals surface area contributed by atoms with Crippen molar-refractivity contribution < 1.29 is 9.90 Å². The summed E-state index contributed by atoms with van der Waals surface area (Å²) in [5.41, 5.74) is -0.723. The highest BCUT2D eigenvalue weighted by Crippen LogP contribution is 2.21. The summed E-state index contributed by atoms with van der Waals surface area (Å²) >= 11 is 0. The molecule has 5 nitrogen and oxygen atoms in total. The number of hydrogen-bond donors (Lipinski definition) is 2. The molecule has 2 heterocycles. The van der Waals surface area contributed by atoms with E-state index in [9.17, 15) is 9.90 Å². The van der Waals surface area contributed by atoms with Gasteiger partial charge in [-0.05, 0) is 39.8 Å². The molecule has 0 unspecified atom stereocenters. The lowest BCUT2D eigenvalue weighted by Crippen LogP contribution is -2.57. The molecule has 5 heteroatoms. The summed E-state index contributed by atoms with van der Waals surface area (Å²) in [7, 11) is 0. The zero-order valence-electron chi connectivity index (χ0n) is 11.6. The fourth-order valence-electron chi connectivity index (χ4n) is 1.54. The number of aliphatic hydroxyl groups is 1. The van der Waals surface area contributed by atoms with Gasteiger partial charge in [0.25, 0.3) is 5.91 Å². The Morgan fingerprint density at radius 1 is 1.32 bits per heavy atom. The highest BCUT2D eigenvalue weighted by Gasteiger charge is 2.36. The van der Waals surface area contributed by atoms with E-state index in [1.165, 1.54) is 0 Å². The summed E-state index contributed by atoms with van der Waals surface area (Å²) in [5, 5.41) is 12.8. The average molecular weight is 261 g/mol. The van der Waals surface area contributed by atoms with Crippen molar-refractivity contribution in [1.82, 2.24) is 14.7 Å². The maximum atomic E-state index is 12.2. The van der Waals surface area contributed by atoms with Gasteiger partial charge < -0.3 is 14.8 Å². The minimum absolute atomic E-state index is 0.296. The van der Waals surface area contributed by atoms with Crippen LogP contribution < -0.4 is 5.32 Å². The van der Waals surface area contributed by atoms with Gasteiger partial charge in [0.15, 0.2) is 0 Å². The Morgan fingerprint density at radius 2 is 2.00 bits per heavy atom. The molecule has 2 aromatic rings. The third kappa shape index (κ3) is 2.61. The topological polar surface area (TPSA) is 66.6 Å². The van der Waals surface area contributed by atoms with Crippen LogP contribution in [0.2, 0.25) is 0 Å². The van der Waals surface area contributed by atoms with Crippen molar-refractivity contribution in [2.45, 2.75) is 38.8 Å². The van der Waals surface area contributed by atoms with Crippen molar-refractivity contribution in [2.75, 3.05) is 0 Å². The Hall–Kier alpha value is -1.88. The molecular weight excluding hydrogens is 242 g/mol. The summed E-state index contributed by atoms with van der Waals surface area (Å²) < 4.78 is 1.78. The third-order valence-corrected chi connectivity index (χ3v) is 3.55.